The van der Waals surface area contributed by atoms with Gasteiger partial charge in [0.05, 0.1) is 0 Å². The van der Waals surface area contributed by atoms with Crippen LogP contribution in [0, 0.1) is 0 Å². The van der Waals surface area contributed by atoms with Gasteiger partial charge in [-0.2, -0.15) is 0 Å². The van der Waals surface area contributed by atoms with Gasteiger partial charge in [0.15, 0.2) is 5.02 Å². The molecule has 0 atom stereocenters. The van der Waals surface area contributed by atoms with Crippen molar-refractivity contribution < 1.29 is 4.65 Å². The molecule has 0 fully saturated rings. The first kappa shape index (κ1) is 5.60. The van der Waals surface area contributed by atoms with E-state index in [0.29, 0.717) is 0 Å². The third-order valence-electron chi connectivity index (χ3n) is 0.103. The quantitative estimate of drug-likeness (QED) is 0.359. The molecule has 2 radical (unpaired) electrons. The van der Waals surface area contributed by atoms with E-state index in [2.05, 4.69) is 12.7 Å². The Bertz CT molecular complexity index is 23.6. The van der Waals surface area contributed by atoms with Gasteiger partial charge >= 0.3 is 0 Å². The van der Waals surface area contributed by atoms with Gasteiger partial charge < -0.3 is 4.65 Å². The van der Waals surface area contributed by atoms with E-state index in [0.717, 1.165) is 0 Å². The van der Waals surface area contributed by atoms with Crippen LogP contribution in [0.25, 0.3) is 0 Å². The highest BCUT2D eigenvalue weighted by atomic mass is 35.5. The lowest BCUT2D eigenvalue weighted by molar-refractivity contribution is 0.392. The highest BCUT2D eigenvalue weighted by Crippen LogP contribution is 1.97. The summed E-state index contributed by atoms with van der Waals surface area (Å²) in [6, 6.07) is 0. The van der Waals surface area contributed by atoms with Crippen LogP contribution in [0.3, 0.4) is 0 Å². The largest absolute Gasteiger partial charge is 0.422 e. The third kappa shape index (κ3) is 4.60. The van der Waals surface area contributed by atoms with Crippen molar-refractivity contribution in [1.29, 1.82) is 0 Å². The molecule has 0 spiro atoms. The van der Waals surface area contributed by atoms with E-state index < -0.39 is 5.02 Å². The molecule has 0 aliphatic carbocycles. The number of alkyl halides is 2. The molecule has 0 N–H and O–H groups in total. The first-order valence-corrected chi connectivity index (χ1v) is 1.78. The summed E-state index contributed by atoms with van der Waals surface area (Å²) in [5.74, 6) is 0. The van der Waals surface area contributed by atoms with Gasteiger partial charge in [-0.25, -0.2) is 0 Å². The molecule has 1 nitrogen and oxygen atoms in total. The number of hydrogen-bond donors (Lipinski definition) is 0. The number of hydrogen-bond acceptors (Lipinski definition) is 1. The maximum atomic E-state index is 4.88. The molecule has 5 heavy (non-hydrogen) atoms. The van der Waals surface area contributed by atoms with Gasteiger partial charge in [0, 0.05) is 0 Å². The zero-order valence-electron chi connectivity index (χ0n) is 2.32. The molecule has 4 heteroatoms. The first-order chi connectivity index (χ1) is 2.27. The van der Waals surface area contributed by atoms with E-state index in [4.69, 9.17) is 23.2 Å². The van der Waals surface area contributed by atoms with Crippen LogP contribution in [0.1, 0.15) is 0 Å². The van der Waals surface area contributed by atoms with E-state index in [-0.39, 0.29) is 0 Å². The standard InChI is InChI=1S/CHBCl2O/c2-5-1(3)4/h1H. The summed E-state index contributed by atoms with van der Waals surface area (Å²) in [4.78, 5) is 0. The fourth-order valence-electron chi connectivity index (χ4n) is 0. The second-order valence-corrected chi connectivity index (χ2v) is 1.41. The summed E-state index contributed by atoms with van der Waals surface area (Å²) in [5, 5.41) is -0.894. The van der Waals surface area contributed by atoms with Crippen molar-refractivity contribution in [2.24, 2.45) is 0 Å². The van der Waals surface area contributed by atoms with Crippen LogP contribution >= 0.6 is 23.2 Å². The lowest BCUT2D eigenvalue weighted by Gasteiger charge is -1.89. The van der Waals surface area contributed by atoms with Crippen LogP contribution in [-0.4, -0.2) is 13.1 Å². The van der Waals surface area contributed by atoms with Crippen LogP contribution in [0.2, 0.25) is 0 Å². The topological polar surface area (TPSA) is 9.23 Å². The maximum Gasteiger partial charge on any atom is 0.286 e. The van der Waals surface area contributed by atoms with Gasteiger partial charge in [0.2, 0.25) is 0 Å². The first-order valence-electron chi connectivity index (χ1n) is 0.908. The van der Waals surface area contributed by atoms with Gasteiger partial charge in [0.25, 0.3) is 8.05 Å². The fraction of sp³-hybridized carbons (Fsp3) is 1.00. The zero-order chi connectivity index (χ0) is 4.28. The third-order valence-corrected chi connectivity index (χ3v) is 0.309. The molecule has 0 aromatic rings. The molecule has 0 aliphatic heterocycles. The van der Waals surface area contributed by atoms with Gasteiger partial charge in [0.1, 0.15) is 0 Å². The Morgan fingerprint density at radius 2 is 1.80 bits per heavy atom. The molecule has 0 heterocycles. The highest BCUT2D eigenvalue weighted by molar-refractivity contribution is 6.44. The van der Waals surface area contributed by atoms with Crippen molar-refractivity contribution in [3.63, 3.8) is 0 Å². The van der Waals surface area contributed by atoms with Crippen molar-refractivity contribution in [3.05, 3.63) is 0 Å². The molecule has 0 aromatic heterocycles. The number of halogens is 2. The van der Waals surface area contributed by atoms with Gasteiger partial charge in [-0.05, 0) is 0 Å². The fourth-order valence-corrected chi connectivity index (χ4v) is 0. The molecule has 0 rings (SSSR count). The van der Waals surface area contributed by atoms with Crippen LogP contribution < -0.4 is 0 Å². The van der Waals surface area contributed by atoms with Crippen LogP contribution in [-0.2, 0) is 4.65 Å². The SMILES string of the molecule is [B]OC(Cl)Cl. The van der Waals surface area contributed by atoms with Crippen LogP contribution in [0.5, 0.6) is 0 Å². The summed E-state index contributed by atoms with van der Waals surface area (Å²) in [7, 11) is 4.41. The van der Waals surface area contributed by atoms with Crippen molar-refractivity contribution in [2.75, 3.05) is 0 Å². The van der Waals surface area contributed by atoms with E-state index >= 15 is 0 Å². The van der Waals surface area contributed by atoms with Crippen molar-refractivity contribution in [2.45, 2.75) is 5.02 Å². The lowest BCUT2D eigenvalue weighted by Crippen LogP contribution is -1.87. The summed E-state index contributed by atoms with van der Waals surface area (Å²) in [6.45, 7) is 0. The predicted octanol–water partition coefficient (Wildman–Crippen LogP) is 0.848. The van der Waals surface area contributed by atoms with Crippen LogP contribution in [0.15, 0.2) is 0 Å². The van der Waals surface area contributed by atoms with Gasteiger partial charge in [-0.15, -0.1) is 0 Å². The van der Waals surface area contributed by atoms with Gasteiger partial charge in [-0.1, -0.05) is 23.2 Å². The molecule has 28 valence electrons. The maximum absolute atomic E-state index is 4.88. The molecular formula is CHBCl2O. The second-order valence-electron chi connectivity index (χ2n) is 0.397. The molecule has 0 unspecified atom stereocenters. The highest BCUT2D eigenvalue weighted by Gasteiger charge is 1.85. The van der Waals surface area contributed by atoms with E-state index in [9.17, 15) is 0 Å². The zero-order valence-corrected chi connectivity index (χ0v) is 3.83. The van der Waals surface area contributed by atoms with E-state index in [1.807, 2.05) is 0 Å². The predicted molar refractivity (Wildman–Crippen MR) is 22.3 cm³/mol. The molecule has 0 amide bonds. The minimum Gasteiger partial charge on any atom is -0.422 e. The molecule has 0 aliphatic rings. The molecule has 0 saturated heterocycles. The lowest BCUT2D eigenvalue weighted by atomic mass is 10.6. The normalized spacial score (nSPS) is 9.40. The Kier molecular flexibility index (Phi) is 3.16. The van der Waals surface area contributed by atoms with E-state index in [1.54, 1.807) is 0 Å². The Hall–Kier alpha value is 0.605. The summed E-state index contributed by atoms with van der Waals surface area (Å²) in [6.07, 6.45) is 0. The minimum atomic E-state index is -0.894. The molecule has 0 bridgehead atoms. The monoisotopic (exact) mass is 110 g/mol. The second kappa shape index (κ2) is 2.82. The Labute approximate surface area is 41.6 Å². The average molecular weight is 111 g/mol. The van der Waals surface area contributed by atoms with Crippen molar-refractivity contribution in [3.8, 4) is 0 Å². The van der Waals surface area contributed by atoms with Crippen molar-refractivity contribution >= 4 is 31.3 Å². The van der Waals surface area contributed by atoms with Gasteiger partial charge in [-0.3, -0.25) is 0 Å². The smallest absolute Gasteiger partial charge is 0.286 e. The summed E-state index contributed by atoms with van der Waals surface area (Å²) >= 11 is 9.76. The average Bonchev–Trinajstić information content (AvgIpc) is 1.38. The summed E-state index contributed by atoms with van der Waals surface area (Å²) < 4.78 is 3.78. The molecule has 0 aromatic carbocycles. The minimum absolute atomic E-state index is 0.894. The molecule has 0 saturated carbocycles. The Morgan fingerprint density at radius 3 is 1.80 bits per heavy atom. The number of rotatable bonds is 1. The van der Waals surface area contributed by atoms with E-state index in [1.165, 1.54) is 0 Å². The summed E-state index contributed by atoms with van der Waals surface area (Å²) in [5.41, 5.74) is 0. The Balaban J connectivity index is 2.54. The van der Waals surface area contributed by atoms with Crippen molar-refractivity contribution in [1.82, 2.24) is 0 Å². The van der Waals surface area contributed by atoms with Crippen LogP contribution in [0.4, 0.5) is 0 Å². The Morgan fingerprint density at radius 1 is 1.60 bits per heavy atom. The molecular weight excluding hydrogens is 110 g/mol.